The van der Waals surface area contributed by atoms with Crippen molar-refractivity contribution >= 4 is 0 Å². The Morgan fingerprint density at radius 2 is 1.52 bits per heavy atom. The summed E-state index contributed by atoms with van der Waals surface area (Å²) in [5.41, 5.74) is 3.56. The van der Waals surface area contributed by atoms with Crippen molar-refractivity contribution in [1.29, 1.82) is 0 Å². The summed E-state index contributed by atoms with van der Waals surface area (Å²) in [6.07, 6.45) is 0.131. The molecule has 4 nitrogen and oxygen atoms in total. The zero-order valence-corrected chi connectivity index (χ0v) is 18.1. The zero-order valence-electron chi connectivity index (χ0n) is 18.1. The summed E-state index contributed by atoms with van der Waals surface area (Å²) in [6.45, 7) is 6.14. The van der Waals surface area contributed by atoms with Crippen molar-refractivity contribution in [2.24, 2.45) is 0 Å². The average molecular weight is 421 g/mol. The summed E-state index contributed by atoms with van der Waals surface area (Å²) in [5, 5.41) is 0. The number of halogens is 1. The number of nitrogens with zero attached hydrogens (tertiary/aromatic N) is 2. The van der Waals surface area contributed by atoms with Gasteiger partial charge in [-0.15, -0.1) is 0 Å². The first-order valence-corrected chi connectivity index (χ1v) is 10.7. The highest BCUT2D eigenvalue weighted by Gasteiger charge is 2.33. The van der Waals surface area contributed by atoms with Crippen LogP contribution in [0.2, 0.25) is 0 Å². The largest absolute Gasteiger partial charge is 0.497 e. The molecule has 1 aliphatic rings. The lowest BCUT2D eigenvalue weighted by Crippen LogP contribution is -2.30. The van der Waals surface area contributed by atoms with Gasteiger partial charge in [0.15, 0.2) is 0 Å². The van der Waals surface area contributed by atoms with Crippen LogP contribution in [0.25, 0.3) is 0 Å². The predicted octanol–water partition coefficient (Wildman–Crippen LogP) is 5.25. The first kappa shape index (κ1) is 21.3. The SMILES string of the molecule is CCOc1ccc(C2N(Cc3ccc(F)cc3)CCN2Cc2cccc(OC)c2)cc1. The molecule has 1 saturated heterocycles. The topological polar surface area (TPSA) is 24.9 Å². The monoisotopic (exact) mass is 420 g/mol. The fraction of sp³-hybridized carbons (Fsp3) is 0.308. The lowest BCUT2D eigenvalue weighted by atomic mass is 10.1. The van der Waals surface area contributed by atoms with Crippen LogP contribution in [0.15, 0.2) is 72.8 Å². The van der Waals surface area contributed by atoms with E-state index in [9.17, 15) is 4.39 Å². The van der Waals surface area contributed by atoms with E-state index in [0.29, 0.717) is 6.61 Å². The van der Waals surface area contributed by atoms with E-state index < -0.39 is 0 Å². The minimum absolute atomic E-state index is 0.131. The van der Waals surface area contributed by atoms with Crippen molar-refractivity contribution in [3.63, 3.8) is 0 Å². The summed E-state index contributed by atoms with van der Waals surface area (Å²) in [7, 11) is 1.70. The Bertz CT molecular complexity index is 975. The summed E-state index contributed by atoms with van der Waals surface area (Å²) in [5.74, 6) is 1.55. The molecule has 0 amide bonds. The van der Waals surface area contributed by atoms with Crippen LogP contribution >= 0.6 is 0 Å². The van der Waals surface area contributed by atoms with Crippen LogP contribution in [-0.4, -0.2) is 36.6 Å². The van der Waals surface area contributed by atoms with Gasteiger partial charge in [0.2, 0.25) is 0 Å². The Morgan fingerprint density at radius 1 is 0.839 bits per heavy atom. The van der Waals surface area contributed by atoms with Crippen molar-refractivity contribution in [2.45, 2.75) is 26.2 Å². The molecule has 1 atom stereocenters. The van der Waals surface area contributed by atoms with E-state index in [1.165, 1.54) is 23.3 Å². The second-order valence-corrected chi connectivity index (χ2v) is 7.79. The van der Waals surface area contributed by atoms with Gasteiger partial charge in [-0.3, -0.25) is 9.80 Å². The van der Waals surface area contributed by atoms with Gasteiger partial charge >= 0.3 is 0 Å². The Hall–Kier alpha value is -2.89. The van der Waals surface area contributed by atoms with Gasteiger partial charge in [0.25, 0.3) is 0 Å². The molecule has 3 aromatic carbocycles. The molecule has 5 heteroatoms. The van der Waals surface area contributed by atoms with Crippen molar-refractivity contribution in [3.8, 4) is 11.5 Å². The first-order chi connectivity index (χ1) is 15.2. The molecule has 1 fully saturated rings. The van der Waals surface area contributed by atoms with Crippen LogP contribution in [0, 0.1) is 5.82 Å². The molecule has 0 aromatic heterocycles. The summed E-state index contributed by atoms with van der Waals surface area (Å²) < 4.78 is 24.4. The van der Waals surface area contributed by atoms with E-state index in [1.54, 1.807) is 7.11 Å². The zero-order chi connectivity index (χ0) is 21.6. The van der Waals surface area contributed by atoms with E-state index in [-0.39, 0.29) is 12.0 Å². The van der Waals surface area contributed by atoms with E-state index >= 15 is 0 Å². The molecule has 3 aromatic rings. The van der Waals surface area contributed by atoms with Gasteiger partial charge in [0.05, 0.1) is 19.9 Å². The molecule has 4 rings (SSSR count). The molecule has 0 aliphatic carbocycles. The van der Waals surface area contributed by atoms with E-state index in [2.05, 4.69) is 34.1 Å². The smallest absolute Gasteiger partial charge is 0.123 e. The number of benzene rings is 3. The fourth-order valence-electron chi connectivity index (χ4n) is 4.22. The fourth-order valence-corrected chi connectivity index (χ4v) is 4.22. The molecule has 162 valence electrons. The minimum atomic E-state index is -0.201. The van der Waals surface area contributed by atoms with E-state index in [1.807, 2.05) is 43.3 Å². The van der Waals surface area contributed by atoms with Crippen LogP contribution in [0.5, 0.6) is 11.5 Å². The molecular formula is C26H29FN2O2. The maximum absolute atomic E-state index is 13.4. The van der Waals surface area contributed by atoms with Crippen LogP contribution in [0.1, 0.15) is 29.8 Å². The molecule has 0 radical (unpaired) electrons. The quantitative estimate of drug-likeness (QED) is 0.497. The molecule has 0 spiro atoms. The van der Waals surface area contributed by atoms with Crippen molar-refractivity contribution < 1.29 is 13.9 Å². The molecule has 0 saturated carbocycles. The Morgan fingerprint density at radius 3 is 2.16 bits per heavy atom. The van der Waals surface area contributed by atoms with Gasteiger partial charge in [-0.05, 0) is 60.0 Å². The minimum Gasteiger partial charge on any atom is -0.497 e. The standard InChI is InChI=1S/C26H29FN2O2/c1-3-31-24-13-9-22(10-14-24)26-28(18-20-7-11-23(27)12-8-20)15-16-29(26)19-21-5-4-6-25(17-21)30-2/h4-14,17,26H,3,15-16,18-19H2,1-2H3. The summed E-state index contributed by atoms with van der Waals surface area (Å²) >= 11 is 0. The van der Waals surface area contributed by atoms with Gasteiger partial charge in [-0.1, -0.05) is 36.4 Å². The van der Waals surface area contributed by atoms with Crippen molar-refractivity contribution in [1.82, 2.24) is 9.80 Å². The molecule has 1 unspecified atom stereocenters. The Kier molecular flexibility index (Phi) is 6.85. The lowest BCUT2D eigenvalue weighted by Gasteiger charge is -2.31. The molecule has 1 aliphatic heterocycles. The van der Waals surface area contributed by atoms with Crippen LogP contribution < -0.4 is 9.47 Å². The molecule has 1 heterocycles. The second-order valence-electron chi connectivity index (χ2n) is 7.79. The molecule has 0 bridgehead atoms. The molecule has 0 N–H and O–H groups in total. The molecule has 31 heavy (non-hydrogen) atoms. The van der Waals surface area contributed by atoms with Crippen LogP contribution in [0.3, 0.4) is 0 Å². The van der Waals surface area contributed by atoms with Gasteiger partial charge in [-0.25, -0.2) is 4.39 Å². The molecular weight excluding hydrogens is 391 g/mol. The third-order valence-electron chi connectivity index (χ3n) is 5.67. The predicted molar refractivity (Wildman–Crippen MR) is 121 cm³/mol. The van der Waals surface area contributed by atoms with Crippen molar-refractivity contribution in [2.75, 3.05) is 26.8 Å². The lowest BCUT2D eigenvalue weighted by molar-refractivity contribution is 0.125. The maximum atomic E-state index is 13.4. The van der Waals surface area contributed by atoms with Gasteiger partial charge in [0, 0.05) is 26.2 Å². The third kappa shape index (κ3) is 5.24. The number of ether oxygens (including phenoxy) is 2. The van der Waals surface area contributed by atoms with Gasteiger partial charge < -0.3 is 9.47 Å². The van der Waals surface area contributed by atoms with Gasteiger partial charge in [-0.2, -0.15) is 0 Å². The summed E-state index contributed by atoms with van der Waals surface area (Å²) in [6, 6.07) is 23.4. The highest BCUT2D eigenvalue weighted by molar-refractivity contribution is 5.31. The van der Waals surface area contributed by atoms with Crippen LogP contribution in [0.4, 0.5) is 4.39 Å². The number of methoxy groups -OCH3 is 1. The van der Waals surface area contributed by atoms with Gasteiger partial charge in [0.1, 0.15) is 17.3 Å². The number of hydrogen-bond donors (Lipinski definition) is 0. The second kappa shape index (κ2) is 9.94. The summed E-state index contributed by atoms with van der Waals surface area (Å²) in [4.78, 5) is 4.93. The Labute approximate surface area is 183 Å². The van der Waals surface area contributed by atoms with E-state index in [0.717, 1.165) is 43.2 Å². The highest BCUT2D eigenvalue weighted by atomic mass is 19.1. The number of rotatable bonds is 8. The maximum Gasteiger partial charge on any atom is 0.123 e. The Balaban J connectivity index is 1.59. The normalized spacial score (nSPS) is 17.1. The third-order valence-corrected chi connectivity index (χ3v) is 5.67. The first-order valence-electron chi connectivity index (χ1n) is 10.7. The highest BCUT2D eigenvalue weighted by Crippen LogP contribution is 2.34. The van der Waals surface area contributed by atoms with E-state index in [4.69, 9.17) is 9.47 Å². The van der Waals surface area contributed by atoms with Crippen molar-refractivity contribution in [3.05, 3.63) is 95.3 Å². The average Bonchev–Trinajstić information content (AvgIpc) is 3.18. The van der Waals surface area contributed by atoms with Crippen LogP contribution in [-0.2, 0) is 13.1 Å². The number of hydrogen-bond acceptors (Lipinski definition) is 4.